The van der Waals surface area contributed by atoms with Gasteiger partial charge in [-0.3, -0.25) is 9.59 Å². The van der Waals surface area contributed by atoms with Gasteiger partial charge in [0.2, 0.25) is 0 Å². The molecule has 44 heavy (non-hydrogen) atoms. The van der Waals surface area contributed by atoms with Gasteiger partial charge in [-0.25, -0.2) is 10.2 Å². The van der Waals surface area contributed by atoms with E-state index in [1.165, 1.54) is 28.9 Å². The predicted molar refractivity (Wildman–Crippen MR) is 179 cm³/mol. The molecule has 218 valence electrons. The maximum atomic E-state index is 12.9. The number of rotatable bonds is 7. The number of nitrogens with one attached hydrogen (secondary N) is 2. The number of aryl methyl sites for hydroxylation is 1. The molecule has 0 spiro atoms. The molecule has 0 fully saturated rings. The summed E-state index contributed by atoms with van der Waals surface area (Å²) in [6.07, 6.45) is 1.39. The third-order valence-corrected chi connectivity index (χ3v) is 9.92. The Bertz CT molecular complexity index is 2100. The van der Waals surface area contributed by atoms with E-state index in [2.05, 4.69) is 15.8 Å². The van der Waals surface area contributed by atoms with Crippen LogP contribution in [0.15, 0.2) is 96.1 Å². The zero-order valence-corrected chi connectivity index (χ0v) is 26.0. The van der Waals surface area contributed by atoms with Gasteiger partial charge in [-0.15, -0.1) is 22.7 Å². The van der Waals surface area contributed by atoms with E-state index in [-0.39, 0.29) is 11.7 Å². The van der Waals surface area contributed by atoms with Gasteiger partial charge in [0.15, 0.2) is 0 Å². The van der Waals surface area contributed by atoms with Crippen molar-refractivity contribution in [2.75, 3.05) is 5.32 Å². The maximum absolute atomic E-state index is 12.9. The van der Waals surface area contributed by atoms with Crippen molar-refractivity contribution in [2.45, 2.75) is 6.92 Å². The fourth-order valence-electron chi connectivity index (χ4n) is 4.41. The summed E-state index contributed by atoms with van der Waals surface area (Å²) in [4.78, 5) is 39.2. The zero-order chi connectivity index (χ0) is 30.8. The molecule has 0 bridgehead atoms. The number of hydrogen-bond acceptors (Lipinski definition) is 7. The van der Waals surface area contributed by atoms with Crippen LogP contribution in [0.2, 0.25) is 10.0 Å². The third kappa shape index (κ3) is 6.09. The molecule has 2 N–H and O–H groups in total. The zero-order valence-electron chi connectivity index (χ0n) is 22.9. The first-order valence-corrected chi connectivity index (χ1v) is 15.6. The molecule has 0 saturated carbocycles. The molecule has 2 heterocycles. The topological polar surface area (TPSA) is 96.9 Å². The van der Waals surface area contributed by atoms with Crippen LogP contribution in [-0.2, 0) is 0 Å². The summed E-state index contributed by atoms with van der Waals surface area (Å²) in [5.41, 5.74) is 4.87. The summed E-state index contributed by atoms with van der Waals surface area (Å²) in [5.74, 6) is -1.12. The lowest BCUT2D eigenvalue weighted by atomic mass is 10.2. The molecule has 0 saturated heterocycles. The van der Waals surface area contributed by atoms with Crippen LogP contribution < -0.4 is 15.5 Å². The fraction of sp³-hybridized carbons (Fsp3) is 0.0303. The Morgan fingerprint density at radius 2 is 1.45 bits per heavy atom. The largest absolute Gasteiger partial charge is 0.422 e. The number of carbonyl (C=O) groups is 3. The van der Waals surface area contributed by atoms with Gasteiger partial charge in [0.1, 0.15) is 15.5 Å². The highest BCUT2D eigenvalue weighted by molar-refractivity contribution is 7.22. The second kappa shape index (κ2) is 12.6. The number of para-hydroxylation sites is 1. The number of nitrogens with zero attached hydrogens (tertiary/aromatic N) is 1. The van der Waals surface area contributed by atoms with Crippen LogP contribution in [0, 0.1) is 6.92 Å². The second-order valence-electron chi connectivity index (χ2n) is 9.64. The number of anilines is 1. The number of amides is 2. The highest BCUT2D eigenvalue weighted by atomic mass is 35.5. The number of carbonyl (C=O) groups excluding carboxylic acids is 3. The summed E-state index contributed by atoms with van der Waals surface area (Å²) in [6.45, 7) is 1.98. The molecule has 6 aromatic rings. The first-order chi connectivity index (χ1) is 21.3. The molecule has 0 aliphatic heterocycles. The Balaban J connectivity index is 1.09. The summed E-state index contributed by atoms with van der Waals surface area (Å²) >= 11 is 15.5. The maximum Gasteiger partial charge on any atom is 0.355 e. The monoisotopic (exact) mass is 657 g/mol. The van der Waals surface area contributed by atoms with E-state index >= 15 is 0 Å². The standard InChI is InChI=1S/C33H21Cl2N3O4S2/c1-18-10-15-23-26(16-18)44-29(27(23)34)32(40)37-21-13-11-19(12-14-21)31(39)38-36-17-20-6-2-4-8-24(20)42-33(41)30-28(35)22-7-3-5-9-25(22)43-30/h2-17H,1H3,(H,37,40)(H,38,39)/b36-17-. The molecular weight excluding hydrogens is 637 g/mol. The molecule has 11 heteroatoms. The van der Waals surface area contributed by atoms with E-state index in [4.69, 9.17) is 27.9 Å². The lowest BCUT2D eigenvalue weighted by Crippen LogP contribution is -2.18. The Labute approximate surface area is 269 Å². The Kier molecular flexibility index (Phi) is 8.45. The first kappa shape index (κ1) is 29.5. The van der Waals surface area contributed by atoms with Crippen molar-refractivity contribution < 1.29 is 19.1 Å². The van der Waals surface area contributed by atoms with Crippen LogP contribution in [0.5, 0.6) is 5.75 Å². The Morgan fingerprint density at radius 3 is 2.25 bits per heavy atom. The van der Waals surface area contributed by atoms with Gasteiger partial charge in [-0.05, 0) is 61.0 Å². The van der Waals surface area contributed by atoms with Crippen molar-refractivity contribution in [1.29, 1.82) is 0 Å². The summed E-state index contributed by atoms with van der Waals surface area (Å²) in [5, 5.41) is 9.24. The number of esters is 1. The van der Waals surface area contributed by atoms with Gasteiger partial charge in [0, 0.05) is 37.0 Å². The van der Waals surface area contributed by atoms with Crippen molar-refractivity contribution in [3.8, 4) is 5.75 Å². The highest BCUT2D eigenvalue weighted by Gasteiger charge is 2.20. The third-order valence-electron chi connectivity index (χ3n) is 6.61. The predicted octanol–water partition coefficient (Wildman–Crippen LogP) is 8.97. The van der Waals surface area contributed by atoms with E-state index in [0.717, 1.165) is 25.7 Å². The fourth-order valence-corrected chi connectivity index (χ4v) is 7.30. The number of thiophene rings is 2. The van der Waals surface area contributed by atoms with E-state index in [0.29, 0.717) is 36.6 Å². The minimum atomic E-state index is -0.585. The van der Waals surface area contributed by atoms with Crippen LogP contribution in [-0.4, -0.2) is 24.0 Å². The molecule has 0 atom stereocenters. The molecule has 0 radical (unpaired) electrons. The van der Waals surface area contributed by atoms with E-state index < -0.39 is 11.9 Å². The van der Waals surface area contributed by atoms with Crippen molar-refractivity contribution in [1.82, 2.24) is 5.43 Å². The van der Waals surface area contributed by atoms with Crippen LogP contribution in [0.3, 0.4) is 0 Å². The number of ether oxygens (including phenoxy) is 1. The van der Waals surface area contributed by atoms with Crippen LogP contribution >= 0.6 is 45.9 Å². The average molecular weight is 659 g/mol. The van der Waals surface area contributed by atoms with Gasteiger partial charge in [-0.2, -0.15) is 5.10 Å². The number of benzene rings is 4. The van der Waals surface area contributed by atoms with E-state index in [9.17, 15) is 14.4 Å². The summed E-state index contributed by atoms with van der Waals surface area (Å²) < 4.78 is 7.45. The summed E-state index contributed by atoms with van der Waals surface area (Å²) in [6, 6.07) is 26.5. The molecule has 4 aromatic carbocycles. The summed E-state index contributed by atoms with van der Waals surface area (Å²) in [7, 11) is 0. The minimum absolute atomic E-state index is 0.262. The first-order valence-electron chi connectivity index (χ1n) is 13.2. The Morgan fingerprint density at radius 1 is 0.773 bits per heavy atom. The van der Waals surface area contributed by atoms with Crippen LogP contribution in [0.4, 0.5) is 5.69 Å². The van der Waals surface area contributed by atoms with Crippen molar-refractivity contribution in [2.24, 2.45) is 5.10 Å². The van der Waals surface area contributed by atoms with Crippen molar-refractivity contribution >= 4 is 95.7 Å². The lowest BCUT2D eigenvalue weighted by molar-refractivity contribution is 0.0739. The van der Waals surface area contributed by atoms with Crippen molar-refractivity contribution in [3.05, 3.63) is 127 Å². The number of hydrazone groups is 1. The normalized spacial score (nSPS) is 11.2. The average Bonchev–Trinajstić information content (AvgIpc) is 3.54. The lowest BCUT2D eigenvalue weighted by Gasteiger charge is -2.07. The Hall–Kier alpha value is -4.54. The van der Waals surface area contributed by atoms with Crippen molar-refractivity contribution in [3.63, 3.8) is 0 Å². The molecular formula is C33H21Cl2N3O4S2. The molecule has 0 unspecified atom stereocenters. The SMILES string of the molecule is Cc1ccc2c(Cl)c(C(=O)Nc3ccc(C(=O)N/N=C\c4ccccc4OC(=O)c4sc5ccccc5c4Cl)cc3)sc2c1. The number of hydrogen-bond donors (Lipinski definition) is 2. The molecule has 2 aromatic heterocycles. The van der Waals surface area contributed by atoms with Gasteiger partial charge >= 0.3 is 5.97 Å². The van der Waals surface area contributed by atoms with Gasteiger partial charge in [0.25, 0.3) is 11.8 Å². The van der Waals surface area contributed by atoms with Gasteiger partial charge in [-0.1, -0.05) is 65.7 Å². The van der Waals surface area contributed by atoms with Crippen LogP contribution in [0.1, 0.15) is 40.8 Å². The molecule has 2 amide bonds. The van der Waals surface area contributed by atoms with E-state index in [1.807, 2.05) is 49.4 Å². The molecule has 7 nitrogen and oxygen atoms in total. The van der Waals surface area contributed by atoms with Gasteiger partial charge < -0.3 is 10.1 Å². The van der Waals surface area contributed by atoms with Crippen LogP contribution in [0.25, 0.3) is 20.2 Å². The highest BCUT2D eigenvalue weighted by Crippen LogP contribution is 2.37. The smallest absolute Gasteiger partial charge is 0.355 e. The molecule has 6 rings (SSSR count). The molecule has 0 aliphatic rings. The minimum Gasteiger partial charge on any atom is -0.422 e. The number of halogens is 2. The van der Waals surface area contributed by atoms with E-state index in [1.54, 1.807) is 48.5 Å². The number of fused-ring (bicyclic) bond motifs is 2. The quantitative estimate of drug-likeness (QED) is 0.0775. The molecule has 0 aliphatic carbocycles. The second-order valence-corrected chi connectivity index (χ2v) is 12.5. The van der Waals surface area contributed by atoms with Gasteiger partial charge in [0.05, 0.1) is 16.3 Å².